The molecule has 0 bridgehead atoms. The SMILES string of the molecule is CCN(Cc1cc(C)ccc1C)C1CCNCC1. The largest absolute Gasteiger partial charge is 0.317 e. The predicted octanol–water partition coefficient (Wildman–Crippen LogP) is 2.88. The molecule has 0 unspecified atom stereocenters. The molecular formula is C16H26N2. The number of nitrogens with one attached hydrogen (secondary N) is 1. The van der Waals surface area contributed by atoms with E-state index in [0.29, 0.717) is 0 Å². The van der Waals surface area contributed by atoms with Gasteiger partial charge in [0.2, 0.25) is 0 Å². The number of hydrogen-bond acceptors (Lipinski definition) is 2. The molecular weight excluding hydrogens is 220 g/mol. The first kappa shape index (κ1) is 13.6. The highest BCUT2D eigenvalue weighted by Crippen LogP contribution is 2.18. The van der Waals surface area contributed by atoms with Crippen LogP contribution < -0.4 is 5.32 Å². The lowest BCUT2D eigenvalue weighted by molar-refractivity contribution is 0.162. The summed E-state index contributed by atoms with van der Waals surface area (Å²) in [4.78, 5) is 2.64. The van der Waals surface area contributed by atoms with Gasteiger partial charge in [0.25, 0.3) is 0 Å². The summed E-state index contributed by atoms with van der Waals surface area (Å²) < 4.78 is 0. The first-order valence-corrected chi connectivity index (χ1v) is 7.21. The lowest BCUT2D eigenvalue weighted by Gasteiger charge is -2.34. The van der Waals surface area contributed by atoms with Gasteiger partial charge in [-0.3, -0.25) is 4.90 Å². The molecule has 0 atom stereocenters. The Morgan fingerprint density at radius 2 is 1.94 bits per heavy atom. The lowest BCUT2D eigenvalue weighted by atomic mass is 10.0. The van der Waals surface area contributed by atoms with Crippen molar-refractivity contribution in [2.24, 2.45) is 0 Å². The van der Waals surface area contributed by atoms with Crippen molar-refractivity contribution in [2.75, 3.05) is 19.6 Å². The first-order valence-electron chi connectivity index (χ1n) is 7.21. The van der Waals surface area contributed by atoms with Crippen molar-refractivity contribution in [2.45, 2.75) is 46.2 Å². The number of rotatable bonds is 4. The second kappa shape index (κ2) is 6.35. The molecule has 0 saturated carbocycles. The molecule has 100 valence electrons. The topological polar surface area (TPSA) is 15.3 Å². The van der Waals surface area contributed by atoms with Crippen molar-refractivity contribution < 1.29 is 0 Å². The third-order valence-corrected chi connectivity index (χ3v) is 4.11. The predicted molar refractivity (Wildman–Crippen MR) is 77.9 cm³/mol. The fraction of sp³-hybridized carbons (Fsp3) is 0.625. The Bertz CT molecular complexity index is 381. The average molecular weight is 246 g/mol. The Kier molecular flexibility index (Phi) is 4.79. The number of nitrogens with zero attached hydrogens (tertiary/aromatic N) is 1. The van der Waals surface area contributed by atoms with Gasteiger partial charge in [-0.05, 0) is 57.5 Å². The van der Waals surface area contributed by atoms with Crippen LogP contribution in [0, 0.1) is 13.8 Å². The van der Waals surface area contributed by atoms with Crippen molar-refractivity contribution in [3.05, 3.63) is 34.9 Å². The molecule has 0 aliphatic carbocycles. The Balaban J connectivity index is 2.06. The minimum absolute atomic E-state index is 0.760. The van der Waals surface area contributed by atoms with Gasteiger partial charge in [0.15, 0.2) is 0 Å². The van der Waals surface area contributed by atoms with Gasteiger partial charge in [0.05, 0.1) is 0 Å². The van der Waals surface area contributed by atoms with Crippen LogP contribution in [0.1, 0.15) is 36.5 Å². The van der Waals surface area contributed by atoms with Crippen LogP contribution in [0.3, 0.4) is 0 Å². The van der Waals surface area contributed by atoms with Crippen molar-refractivity contribution in [3.63, 3.8) is 0 Å². The monoisotopic (exact) mass is 246 g/mol. The summed E-state index contributed by atoms with van der Waals surface area (Å²) in [5.41, 5.74) is 4.29. The maximum absolute atomic E-state index is 3.45. The average Bonchev–Trinajstić information content (AvgIpc) is 2.41. The maximum atomic E-state index is 3.45. The van der Waals surface area contributed by atoms with Crippen LogP contribution in [0.5, 0.6) is 0 Å². The quantitative estimate of drug-likeness (QED) is 0.879. The Labute approximate surface area is 111 Å². The molecule has 1 heterocycles. The van der Waals surface area contributed by atoms with E-state index >= 15 is 0 Å². The third kappa shape index (κ3) is 3.33. The summed E-state index contributed by atoms with van der Waals surface area (Å²) in [6.45, 7) is 11.3. The van der Waals surface area contributed by atoms with Crippen molar-refractivity contribution >= 4 is 0 Å². The molecule has 1 fully saturated rings. The van der Waals surface area contributed by atoms with E-state index in [0.717, 1.165) is 19.1 Å². The van der Waals surface area contributed by atoms with Crippen LogP contribution in [0.4, 0.5) is 0 Å². The highest BCUT2D eigenvalue weighted by atomic mass is 15.2. The van der Waals surface area contributed by atoms with E-state index in [1.165, 1.54) is 42.6 Å². The van der Waals surface area contributed by atoms with Gasteiger partial charge >= 0.3 is 0 Å². The number of benzene rings is 1. The van der Waals surface area contributed by atoms with Crippen molar-refractivity contribution in [3.8, 4) is 0 Å². The first-order chi connectivity index (χ1) is 8.70. The number of aryl methyl sites for hydroxylation is 2. The van der Waals surface area contributed by atoms with E-state index in [2.05, 4.69) is 49.2 Å². The molecule has 0 amide bonds. The second-order valence-electron chi connectivity index (χ2n) is 5.47. The molecule has 1 aliphatic rings. The third-order valence-electron chi connectivity index (χ3n) is 4.11. The van der Waals surface area contributed by atoms with Gasteiger partial charge in [-0.15, -0.1) is 0 Å². The summed E-state index contributed by atoms with van der Waals surface area (Å²) in [7, 11) is 0. The number of hydrogen-bond donors (Lipinski definition) is 1. The fourth-order valence-electron chi connectivity index (χ4n) is 2.86. The Morgan fingerprint density at radius 1 is 1.22 bits per heavy atom. The molecule has 2 rings (SSSR count). The minimum Gasteiger partial charge on any atom is -0.317 e. The summed E-state index contributed by atoms with van der Waals surface area (Å²) in [6, 6.07) is 7.57. The molecule has 1 aliphatic heterocycles. The fourth-order valence-corrected chi connectivity index (χ4v) is 2.86. The van der Waals surface area contributed by atoms with E-state index in [-0.39, 0.29) is 0 Å². The number of piperidine rings is 1. The van der Waals surface area contributed by atoms with E-state index in [1.54, 1.807) is 0 Å². The van der Waals surface area contributed by atoms with Crippen LogP contribution >= 0.6 is 0 Å². The molecule has 18 heavy (non-hydrogen) atoms. The molecule has 2 heteroatoms. The molecule has 1 aromatic rings. The Hall–Kier alpha value is -0.860. The van der Waals surface area contributed by atoms with Gasteiger partial charge in [0.1, 0.15) is 0 Å². The van der Waals surface area contributed by atoms with Crippen LogP contribution in [-0.2, 0) is 6.54 Å². The van der Waals surface area contributed by atoms with E-state index in [1.807, 2.05) is 0 Å². The highest BCUT2D eigenvalue weighted by molar-refractivity contribution is 5.30. The molecule has 1 N–H and O–H groups in total. The van der Waals surface area contributed by atoms with Crippen LogP contribution in [0.15, 0.2) is 18.2 Å². The second-order valence-corrected chi connectivity index (χ2v) is 5.47. The maximum Gasteiger partial charge on any atom is 0.0239 e. The molecule has 1 aromatic carbocycles. The molecule has 1 saturated heterocycles. The normalized spacial score (nSPS) is 17.3. The minimum atomic E-state index is 0.760. The van der Waals surface area contributed by atoms with Gasteiger partial charge in [-0.1, -0.05) is 30.7 Å². The van der Waals surface area contributed by atoms with Gasteiger partial charge in [-0.25, -0.2) is 0 Å². The zero-order chi connectivity index (χ0) is 13.0. The molecule has 0 radical (unpaired) electrons. The molecule has 0 spiro atoms. The standard InChI is InChI=1S/C16H26N2/c1-4-18(16-7-9-17-10-8-16)12-15-11-13(2)5-6-14(15)3/h5-6,11,16-17H,4,7-10,12H2,1-3H3. The van der Waals surface area contributed by atoms with Crippen LogP contribution in [-0.4, -0.2) is 30.6 Å². The van der Waals surface area contributed by atoms with Gasteiger partial charge in [-0.2, -0.15) is 0 Å². The zero-order valence-electron chi connectivity index (χ0n) is 12.0. The van der Waals surface area contributed by atoms with E-state index < -0.39 is 0 Å². The summed E-state index contributed by atoms with van der Waals surface area (Å²) >= 11 is 0. The summed E-state index contributed by atoms with van der Waals surface area (Å²) in [5.74, 6) is 0. The van der Waals surface area contributed by atoms with E-state index in [9.17, 15) is 0 Å². The lowest BCUT2D eigenvalue weighted by Crippen LogP contribution is -2.42. The van der Waals surface area contributed by atoms with Gasteiger partial charge in [0, 0.05) is 12.6 Å². The zero-order valence-corrected chi connectivity index (χ0v) is 12.0. The van der Waals surface area contributed by atoms with Crippen molar-refractivity contribution in [1.82, 2.24) is 10.2 Å². The smallest absolute Gasteiger partial charge is 0.0239 e. The van der Waals surface area contributed by atoms with Crippen LogP contribution in [0.2, 0.25) is 0 Å². The van der Waals surface area contributed by atoms with Crippen LogP contribution in [0.25, 0.3) is 0 Å². The highest BCUT2D eigenvalue weighted by Gasteiger charge is 2.20. The molecule has 0 aromatic heterocycles. The molecule has 2 nitrogen and oxygen atoms in total. The van der Waals surface area contributed by atoms with E-state index in [4.69, 9.17) is 0 Å². The summed E-state index contributed by atoms with van der Waals surface area (Å²) in [6.07, 6.45) is 2.58. The summed E-state index contributed by atoms with van der Waals surface area (Å²) in [5, 5.41) is 3.45. The van der Waals surface area contributed by atoms with Crippen molar-refractivity contribution in [1.29, 1.82) is 0 Å². The Morgan fingerprint density at radius 3 is 2.61 bits per heavy atom. The van der Waals surface area contributed by atoms with Gasteiger partial charge < -0.3 is 5.32 Å².